The largest absolute Gasteiger partial charge is 0.438 e. The van der Waals surface area contributed by atoms with Crippen LogP contribution in [0.5, 0.6) is 0 Å². The maximum atomic E-state index is 5.88. The first kappa shape index (κ1) is 11.7. The molecule has 1 N–H and O–H groups in total. The maximum Gasteiger partial charge on any atom is 0.203 e. The highest BCUT2D eigenvalue weighted by molar-refractivity contribution is 5.67. The zero-order valence-electron chi connectivity index (χ0n) is 10.9. The van der Waals surface area contributed by atoms with Gasteiger partial charge in [-0.1, -0.05) is 13.8 Å². The monoisotopic (exact) mass is 245 g/mol. The molecule has 0 amide bonds. The number of nitrogens with one attached hydrogen (secondary N) is 1. The van der Waals surface area contributed by atoms with E-state index in [1.807, 2.05) is 12.1 Å². The van der Waals surface area contributed by atoms with Crippen molar-refractivity contribution >= 4 is 11.2 Å². The van der Waals surface area contributed by atoms with E-state index in [-0.39, 0.29) is 5.41 Å². The van der Waals surface area contributed by atoms with Gasteiger partial charge in [0.25, 0.3) is 0 Å². The third kappa shape index (κ3) is 1.90. The van der Waals surface area contributed by atoms with Crippen molar-refractivity contribution < 1.29 is 4.42 Å². The van der Waals surface area contributed by atoms with Crippen molar-refractivity contribution in [1.82, 2.24) is 15.3 Å². The van der Waals surface area contributed by atoms with Gasteiger partial charge in [-0.15, -0.1) is 0 Å². The number of pyridine rings is 1. The van der Waals surface area contributed by atoms with E-state index < -0.39 is 0 Å². The second-order valence-electron chi connectivity index (χ2n) is 5.61. The number of oxazole rings is 1. The molecule has 1 fully saturated rings. The molecule has 0 aliphatic carbocycles. The van der Waals surface area contributed by atoms with E-state index in [0.717, 1.165) is 24.6 Å². The van der Waals surface area contributed by atoms with Gasteiger partial charge in [-0.05, 0) is 44.0 Å². The predicted octanol–water partition coefficient (Wildman–Crippen LogP) is 2.50. The van der Waals surface area contributed by atoms with Crippen LogP contribution in [0.4, 0.5) is 0 Å². The summed E-state index contributed by atoms with van der Waals surface area (Å²) in [4.78, 5) is 8.79. The summed E-state index contributed by atoms with van der Waals surface area (Å²) in [6.45, 7) is 6.60. The smallest absolute Gasteiger partial charge is 0.203 e. The van der Waals surface area contributed by atoms with Crippen LogP contribution in [-0.4, -0.2) is 23.1 Å². The Labute approximate surface area is 107 Å². The molecule has 0 aromatic carbocycles. The Morgan fingerprint density at radius 1 is 1.44 bits per heavy atom. The van der Waals surface area contributed by atoms with Crippen LogP contribution in [-0.2, 0) is 5.41 Å². The number of hydrogen-bond acceptors (Lipinski definition) is 4. The van der Waals surface area contributed by atoms with Crippen LogP contribution in [0.15, 0.2) is 22.7 Å². The van der Waals surface area contributed by atoms with Gasteiger partial charge in [0.2, 0.25) is 5.89 Å². The van der Waals surface area contributed by atoms with E-state index in [1.165, 1.54) is 12.8 Å². The lowest BCUT2D eigenvalue weighted by Gasteiger charge is -2.34. The number of piperidine rings is 1. The summed E-state index contributed by atoms with van der Waals surface area (Å²) in [5, 5.41) is 3.46. The fourth-order valence-electron chi connectivity index (χ4n) is 2.69. The normalized spacial score (nSPS) is 21.3. The third-order valence-electron chi connectivity index (χ3n) is 4.03. The van der Waals surface area contributed by atoms with Crippen LogP contribution in [0.2, 0.25) is 0 Å². The lowest BCUT2D eigenvalue weighted by atomic mass is 9.75. The highest BCUT2D eigenvalue weighted by Crippen LogP contribution is 2.36. The quantitative estimate of drug-likeness (QED) is 0.883. The summed E-state index contributed by atoms with van der Waals surface area (Å²) in [5.74, 6) is 1.38. The number of hydrogen-bond donors (Lipinski definition) is 1. The molecule has 96 valence electrons. The number of nitrogens with zero attached hydrogens (tertiary/aromatic N) is 2. The lowest BCUT2D eigenvalue weighted by Crippen LogP contribution is -2.40. The molecule has 3 rings (SSSR count). The Morgan fingerprint density at radius 3 is 3.06 bits per heavy atom. The molecule has 0 saturated carbocycles. The lowest BCUT2D eigenvalue weighted by molar-refractivity contribution is 0.215. The van der Waals surface area contributed by atoms with E-state index in [0.29, 0.717) is 11.6 Å². The van der Waals surface area contributed by atoms with Crippen molar-refractivity contribution in [2.24, 2.45) is 5.92 Å². The molecule has 3 heterocycles. The van der Waals surface area contributed by atoms with Crippen LogP contribution in [0.3, 0.4) is 0 Å². The molecule has 18 heavy (non-hydrogen) atoms. The van der Waals surface area contributed by atoms with Gasteiger partial charge < -0.3 is 9.73 Å². The van der Waals surface area contributed by atoms with Gasteiger partial charge in [-0.25, -0.2) is 4.98 Å². The Morgan fingerprint density at radius 2 is 2.33 bits per heavy atom. The molecule has 4 heteroatoms. The molecule has 2 aromatic heterocycles. The van der Waals surface area contributed by atoms with Crippen molar-refractivity contribution in [1.29, 1.82) is 0 Å². The fraction of sp³-hybridized carbons (Fsp3) is 0.571. The average molecular weight is 245 g/mol. The Bertz CT molecular complexity index is 508. The van der Waals surface area contributed by atoms with Gasteiger partial charge in [0, 0.05) is 11.6 Å². The molecule has 1 aliphatic rings. The van der Waals surface area contributed by atoms with Gasteiger partial charge in [-0.3, -0.25) is 0 Å². The summed E-state index contributed by atoms with van der Waals surface area (Å²) in [7, 11) is 0. The van der Waals surface area contributed by atoms with Gasteiger partial charge in [0.15, 0.2) is 11.2 Å². The minimum atomic E-state index is -0.0475. The highest BCUT2D eigenvalue weighted by Gasteiger charge is 2.36. The van der Waals surface area contributed by atoms with Crippen molar-refractivity contribution in [2.75, 3.05) is 13.1 Å². The van der Waals surface area contributed by atoms with Crippen molar-refractivity contribution in [2.45, 2.75) is 32.1 Å². The molecule has 0 radical (unpaired) electrons. The number of rotatable bonds is 2. The maximum absolute atomic E-state index is 5.88. The van der Waals surface area contributed by atoms with E-state index in [1.54, 1.807) is 6.20 Å². The first-order valence-corrected chi connectivity index (χ1v) is 6.60. The molecule has 1 aliphatic heterocycles. The van der Waals surface area contributed by atoms with Gasteiger partial charge in [0.05, 0.1) is 0 Å². The Balaban J connectivity index is 1.96. The van der Waals surface area contributed by atoms with Crippen LogP contribution in [0.1, 0.15) is 32.6 Å². The van der Waals surface area contributed by atoms with Crippen LogP contribution < -0.4 is 5.32 Å². The minimum absolute atomic E-state index is 0.0475. The van der Waals surface area contributed by atoms with E-state index in [4.69, 9.17) is 4.42 Å². The SMILES string of the molecule is CC(C)(c1nc2ncccc2o1)C1CCCNC1. The predicted molar refractivity (Wildman–Crippen MR) is 70.4 cm³/mol. The molecule has 0 bridgehead atoms. The number of aromatic nitrogens is 2. The van der Waals surface area contributed by atoms with Gasteiger partial charge in [-0.2, -0.15) is 4.98 Å². The zero-order valence-corrected chi connectivity index (χ0v) is 10.9. The molecular weight excluding hydrogens is 226 g/mol. The van der Waals surface area contributed by atoms with Crippen molar-refractivity contribution in [3.8, 4) is 0 Å². The highest BCUT2D eigenvalue weighted by atomic mass is 16.3. The molecule has 4 nitrogen and oxygen atoms in total. The van der Waals surface area contributed by atoms with Crippen LogP contribution in [0, 0.1) is 5.92 Å². The van der Waals surface area contributed by atoms with E-state index in [9.17, 15) is 0 Å². The summed E-state index contributed by atoms with van der Waals surface area (Å²) in [5.41, 5.74) is 1.45. The van der Waals surface area contributed by atoms with Crippen LogP contribution >= 0.6 is 0 Å². The van der Waals surface area contributed by atoms with E-state index >= 15 is 0 Å². The van der Waals surface area contributed by atoms with E-state index in [2.05, 4.69) is 29.1 Å². The topological polar surface area (TPSA) is 51.0 Å². The molecular formula is C14H19N3O. The first-order valence-electron chi connectivity index (χ1n) is 6.60. The minimum Gasteiger partial charge on any atom is -0.438 e. The second kappa shape index (κ2) is 4.35. The zero-order chi connectivity index (χ0) is 12.6. The molecule has 0 spiro atoms. The van der Waals surface area contributed by atoms with Gasteiger partial charge >= 0.3 is 0 Å². The van der Waals surface area contributed by atoms with Crippen molar-refractivity contribution in [3.63, 3.8) is 0 Å². The summed E-state index contributed by atoms with van der Waals surface area (Å²) < 4.78 is 5.88. The summed E-state index contributed by atoms with van der Waals surface area (Å²) in [6, 6.07) is 3.81. The number of fused-ring (bicyclic) bond motifs is 1. The van der Waals surface area contributed by atoms with Gasteiger partial charge in [0.1, 0.15) is 0 Å². The first-order chi connectivity index (χ1) is 8.68. The Hall–Kier alpha value is -1.42. The fourth-order valence-corrected chi connectivity index (χ4v) is 2.69. The molecule has 1 unspecified atom stereocenters. The summed E-state index contributed by atoms with van der Waals surface area (Å²) in [6.07, 6.45) is 4.21. The second-order valence-corrected chi connectivity index (χ2v) is 5.61. The standard InChI is InChI=1S/C14H19N3O/c1-14(2,10-5-3-7-15-9-10)13-17-12-11(18-13)6-4-8-16-12/h4,6,8,10,15H,3,5,7,9H2,1-2H3. The van der Waals surface area contributed by atoms with Crippen LogP contribution in [0.25, 0.3) is 11.2 Å². The average Bonchev–Trinajstić information content (AvgIpc) is 2.84. The van der Waals surface area contributed by atoms with Crippen molar-refractivity contribution in [3.05, 3.63) is 24.2 Å². The summed E-state index contributed by atoms with van der Waals surface area (Å²) >= 11 is 0. The molecule has 2 aromatic rings. The Kier molecular flexibility index (Phi) is 2.82. The molecule has 1 atom stereocenters. The third-order valence-corrected chi connectivity index (χ3v) is 4.03. The molecule has 1 saturated heterocycles.